The summed E-state index contributed by atoms with van der Waals surface area (Å²) in [4.78, 5) is 0.150. The molecule has 2 heterocycles. The molecule has 0 saturated carbocycles. The van der Waals surface area contributed by atoms with Crippen LogP contribution in [0.2, 0.25) is 10.0 Å². The molecule has 0 aliphatic carbocycles. The Morgan fingerprint density at radius 2 is 1.92 bits per heavy atom. The van der Waals surface area contributed by atoms with E-state index in [4.69, 9.17) is 28.9 Å². The van der Waals surface area contributed by atoms with Crippen molar-refractivity contribution < 1.29 is 13.5 Å². The third-order valence-electron chi connectivity index (χ3n) is 4.55. The number of hydrogen-bond acceptors (Lipinski definition) is 5. The molecule has 7 nitrogen and oxygen atoms in total. The van der Waals surface area contributed by atoms with Gasteiger partial charge < -0.3 is 10.8 Å². The van der Waals surface area contributed by atoms with Gasteiger partial charge in [0.1, 0.15) is 10.6 Å². The molecule has 1 unspecified atom stereocenters. The number of aromatic nitrogens is 2. The maximum Gasteiger partial charge on any atom is 0.246 e. The predicted octanol–water partition coefficient (Wildman–Crippen LogP) is 2.52. The van der Waals surface area contributed by atoms with E-state index in [9.17, 15) is 13.5 Å². The van der Waals surface area contributed by atoms with E-state index in [1.54, 1.807) is 6.07 Å². The molecule has 10 heteroatoms. The van der Waals surface area contributed by atoms with Crippen molar-refractivity contribution in [1.29, 1.82) is 0 Å². The summed E-state index contributed by atoms with van der Waals surface area (Å²) in [6.45, 7) is 0.710. The van der Waals surface area contributed by atoms with Crippen LogP contribution < -0.4 is 5.73 Å². The van der Waals surface area contributed by atoms with Gasteiger partial charge in [0.05, 0.1) is 16.2 Å². The first kappa shape index (κ1) is 18.5. The van der Waals surface area contributed by atoms with E-state index in [2.05, 4.69) is 10.2 Å². The normalized spacial score (nSPS) is 18.4. The number of aromatic hydroxyl groups is 1. The molecule has 0 spiro atoms. The van der Waals surface area contributed by atoms with Crippen molar-refractivity contribution in [2.75, 3.05) is 13.1 Å². The van der Waals surface area contributed by atoms with Gasteiger partial charge in [0.25, 0.3) is 0 Å². The highest BCUT2D eigenvalue weighted by Crippen LogP contribution is 2.38. The highest BCUT2D eigenvalue weighted by Gasteiger charge is 2.33. The maximum atomic E-state index is 12.5. The molecule has 25 heavy (non-hydrogen) atoms. The Kier molecular flexibility index (Phi) is 5.26. The molecule has 1 atom stereocenters. The number of halogens is 2. The van der Waals surface area contributed by atoms with Crippen LogP contribution in [0.1, 0.15) is 24.4 Å². The smallest absolute Gasteiger partial charge is 0.246 e. The van der Waals surface area contributed by atoms with E-state index >= 15 is 0 Å². The van der Waals surface area contributed by atoms with Crippen LogP contribution in [0.3, 0.4) is 0 Å². The molecule has 3 rings (SSSR count). The third-order valence-corrected chi connectivity index (χ3v) is 7.13. The number of H-pyrrole nitrogens is 1. The Balaban J connectivity index is 1.71. The monoisotopic (exact) mass is 404 g/mol. The summed E-state index contributed by atoms with van der Waals surface area (Å²) in [5.74, 6) is 0.0225. The Morgan fingerprint density at radius 1 is 1.28 bits per heavy atom. The predicted molar refractivity (Wildman–Crippen MR) is 95.1 cm³/mol. The fourth-order valence-corrected chi connectivity index (χ4v) is 4.78. The standard InChI is InChI=1S/C15H18Cl2N4O3S/c16-12-5-11(14(22)6-13(12)17)15(18)9-1-3-21(4-2-9)25(23,24)10-7-19-20-8-10/h5-9,15,22H,1-4,18H2,(H,19,20). The first-order valence-electron chi connectivity index (χ1n) is 7.73. The van der Waals surface area contributed by atoms with Crippen molar-refractivity contribution >= 4 is 33.2 Å². The lowest BCUT2D eigenvalue weighted by atomic mass is 9.86. The summed E-state index contributed by atoms with van der Waals surface area (Å²) < 4.78 is 26.4. The largest absolute Gasteiger partial charge is 0.508 e. The topological polar surface area (TPSA) is 112 Å². The number of rotatable bonds is 4. The van der Waals surface area contributed by atoms with Crippen LogP contribution in [-0.4, -0.2) is 41.1 Å². The molecule has 1 aliphatic heterocycles. The van der Waals surface area contributed by atoms with Gasteiger partial charge in [-0.05, 0) is 24.8 Å². The van der Waals surface area contributed by atoms with Gasteiger partial charge in [-0.2, -0.15) is 9.40 Å². The third kappa shape index (κ3) is 3.63. The summed E-state index contributed by atoms with van der Waals surface area (Å²) in [5.41, 5.74) is 6.81. The number of nitrogens with two attached hydrogens (primary N) is 1. The number of hydrogen-bond donors (Lipinski definition) is 3. The Bertz CT molecular complexity index is 850. The Hall–Kier alpha value is -1.32. The number of piperidine rings is 1. The molecule has 1 saturated heterocycles. The van der Waals surface area contributed by atoms with Gasteiger partial charge in [0, 0.05) is 37.0 Å². The number of nitrogens with zero attached hydrogens (tertiary/aromatic N) is 2. The van der Waals surface area contributed by atoms with Gasteiger partial charge in [0.2, 0.25) is 10.0 Å². The second kappa shape index (κ2) is 7.13. The quantitative estimate of drug-likeness (QED) is 0.724. The lowest BCUT2D eigenvalue weighted by Crippen LogP contribution is -2.40. The molecule has 0 radical (unpaired) electrons. The van der Waals surface area contributed by atoms with Crippen molar-refractivity contribution in [2.45, 2.75) is 23.8 Å². The molecule has 2 aromatic rings. The lowest BCUT2D eigenvalue weighted by molar-refractivity contribution is 0.243. The Morgan fingerprint density at radius 3 is 2.52 bits per heavy atom. The fourth-order valence-electron chi connectivity index (χ4n) is 3.08. The van der Waals surface area contributed by atoms with Crippen molar-refractivity contribution in [3.63, 3.8) is 0 Å². The minimum atomic E-state index is -3.54. The van der Waals surface area contributed by atoms with Gasteiger partial charge in [-0.15, -0.1) is 0 Å². The Labute approximate surface area is 155 Å². The van der Waals surface area contributed by atoms with Crippen LogP contribution in [0.15, 0.2) is 29.4 Å². The summed E-state index contributed by atoms with van der Waals surface area (Å²) in [6, 6.07) is 2.49. The second-order valence-electron chi connectivity index (χ2n) is 6.03. The number of sulfonamides is 1. The first-order chi connectivity index (χ1) is 11.8. The van der Waals surface area contributed by atoms with E-state index < -0.39 is 16.1 Å². The molecule has 1 aromatic carbocycles. The van der Waals surface area contributed by atoms with E-state index in [-0.39, 0.29) is 21.6 Å². The first-order valence-corrected chi connectivity index (χ1v) is 9.92. The summed E-state index contributed by atoms with van der Waals surface area (Å²) >= 11 is 11.9. The summed E-state index contributed by atoms with van der Waals surface area (Å²) in [5, 5.41) is 16.9. The van der Waals surface area contributed by atoms with Crippen LogP contribution in [0.4, 0.5) is 0 Å². The number of aromatic amines is 1. The van der Waals surface area contributed by atoms with Crippen molar-refractivity contribution in [3.8, 4) is 5.75 Å². The second-order valence-corrected chi connectivity index (χ2v) is 8.78. The average molecular weight is 405 g/mol. The number of benzene rings is 1. The molecule has 1 aliphatic rings. The molecule has 1 fully saturated rings. The van der Waals surface area contributed by atoms with E-state index in [1.165, 1.54) is 22.8 Å². The minimum Gasteiger partial charge on any atom is -0.508 e. The lowest BCUT2D eigenvalue weighted by Gasteiger charge is -2.34. The van der Waals surface area contributed by atoms with Gasteiger partial charge in [0.15, 0.2) is 0 Å². The average Bonchev–Trinajstić information content (AvgIpc) is 3.13. The molecule has 4 N–H and O–H groups in total. The van der Waals surface area contributed by atoms with Gasteiger partial charge >= 0.3 is 0 Å². The SMILES string of the molecule is NC(c1cc(Cl)c(Cl)cc1O)C1CCN(S(=O)(=O)c2cn[nH]c2)CC1. The van der Waals surface area contributed by atoms with E-state index in [0.717, 1.165) is 0 Å². The zero-order valence-electron chi connectivity index (χ0n) is 13.2. The van der Waals surface area contributed by atoms with E-state index in [1.807, 2.05) is 0 Å². The fraction of sp³-hybridized carbons (Fsp3) is 0.400. The van der Waals surface area contributed by atoms with Crippen molar-refractivity contribution in [2.24, 2.45) is 11.7 Å². The van der Waals surface area contributed by atoms with Crippen molar-refractivity contribution in [1.82, 2.24) is 14.5 Å². The molecule has 1 aromatic heterocycles. The zero-order valence-corrected chi connectivity index (χ0v) is 15.5. The van der Waals surface area contributed by atoms with Crippen LogP contribution in [0, 0.1) is 5.92 Å². The number of phenolic OH excluding ortho intramolecular Hbond substituents is 1. The molecular weight excluding hydrogens is 387 g/mol. The van der Waals surface area contributed by atoms with Gasteiger partial charge in [-0.1, -0.05) is 23.2 Å². The van der Waals surface area contributed by atoms with Crippen LogP contribution in [0.25, 0.3) is 0 Å². The van der Waals surface area contributed by atoms with Crippen LogP contribution in [-0.2, 0) is 10.0 Å². The zero-order chi connectivity index (χ0) is 18.2. The van der Waals surface area contributed by atoms with Crippen molar-refractivity contribution in [3.05, 3.63) is 40.1 Å². The summed E-state index contributed by atoms with van der Waals surface area (Å²) in [6.07, 6.45) is 3.82. The molecule has 0 bridgehead atoms. The number of phenols is 1. The number of nitrogens with one attached hydrogen (secondary N) is 1. The molecule has 136 valence electrons. The highest BCUT2D eigenvalue weighted by molar-refractivity contribution is 7.89. The highest BCUT2D eigenvalue weighted by atomic mass is 35.5. The summed E-state index contributed by atoms with van der Waals surface area (Å²) in [7, 11) is -3.54. The van der Waals surface area contributed by atoms with Crippen LogP contribution in [0.5, 0.6) is 5.75 Å². The molecular formula is C15H18Cl2N4O3S. The maximum absolute atomic E-state index is 12.5. The van der Waals surface area contributed by atoms with Gasteiger partial charge in [-0.3, -0.25) is 5.10 Å². The van der Waals surface area contributed by atoms with Gasteiger partial charge in [-0.25, -0.2) is 8.42 Å². The molecule has 0 amide bonds. The minimum absolute atomic E-state index is 0.00431. The van der Waals surface area contributed by atoms with E-state index in [0.29, 0.717) is 36.5 Å². The van der Waals surface area contributed by atoms with Crippen LogP contribution >= 0.6 is 23.2 Å².